The van der Waals surface area contributed by atoms with Crippen LogP contribution >= 0.6 is 12.2 Å². The first-order valence-electron chi connectivity index (χ1n) is 10.8. The summed E-state index contributed by atoms with van der Waals surface area (Å²) in [6.07, 6.45) is 14.1. The standard InChI is InChI=1S/C22H32N4S/c27-22(23-17-9-3-1-4-10-17)26(18-11-5-2-6-12-18)16-15-21-24-19-13-7-8-14-20(19)25-21/h7-8,13-14,17-18H,1-6,9-12,15-16H2,(H,23,27)(H,24,25). The van der Waals surface area contributed by atoms with Gasteiger partial charge >= 0.3 is 0 Å². The maximum Gasteiger partial charge on any atom is 0.169 e. The van der Waals surface area contributed by atoms with Gasteiger partial charge in [-0.05, 0) is 50.0 Å². The highest BCUT2D eigenvalue weighted by atomic mass is 32.1. The Kier molecular flexibility index (Phi) is 6.28. The van der Waals surface area contributed by atoms with Crippen LogP contribution in [-0.2, 0) is 6.42 Å². The van der Waals surface area contributed by atoms with Crippen LogP contribution in [-0.4, -0.2) is 38.6 Å². The van der Waals surface area contributed by atoms with E-state index in [4.69, 9.17) is 17.2 Å². The fourth-order valence-corrected chi connectivity index (χ4v) is 5.10. The number of rotatable bonds is 5. The highest BCUT2D eigenvalue weighted by Gasteiger charge is 2.25. The van der Waals surface area contributed by atoms with Gasteiger partial charge in [-0.1, -0.05) is 50.7 Å². The van der Waals surface area contributed by atoms with E-state index < -0.39 is 0 Å². The Balaban J connectivity index is 1.42. The minimum absolute atomic E-state index is 0.573. The molecule has 4 rings (SSSR count). The van der Waals surface area contributed by atoms with Crippen LogP contribution < -0.4 is 5.32 Å². The van der Waals surface area contributed by atoms with Gasteiger partial charge in [-0.15, -0.1) is 0 Å². The molecule has 5 heteroatoms. The van der Waals surface area contributed by atoms with Crippen LogP contribution in [0, 0.1) is 0 Å². The summed E-state index contributed by atoms with van der Waals surface area (Å²) < 4.78 is 0. The van der Waals surface area contributed by atoms with Gasteiger partial charge in [-0.25, -0.2) is 4.98 Å². The Morgan fingerprint density at radius 2 is 1.74 bits per heavy atom. The molecular formula is C22H32N4S. The fourth-order valence-electron chi connectivity index (χ4n) is 4.70. The Morgan fingerprint density at radius 1 is 1.04 bits per heavy atom. The van der Waals surface area contributed by atoms with E-state index in [1.54, 1.807) is 0 Å². The summed E-state index contributed by atoms with van der Waals surface area (Å²) in [5.41, 5.74) is 2.18. The number of hydrogen-bond acceptors (Lipinski definition) is 2. The highest BCUT2D eigenvalue weighted by Crippen LogP contribution is 2.24. The number of aromatic amines is 1. The number of aromatic nitrogens is 2. The van der Waals surface area contributed by atoms with Crippen LogP contribution in [0.25, 0.3) is 11.0 Å². The van der Waals surface area contributed by atoms with Gasteiger partial charge in [0.25, 0.3) is 0 Å². The zero-order chi connectivity index (χ0) is 18.5. The lowest BCUT2D eigenvalue weighted by Crippen LogP contribution is -2.50. The van der Waals surface area contributed by atoms with Crippen molar-refractivity contribution in [3.05, 3.63) is 30.1 Å². The van der Waals surface area contributed by atoms with Crippen molar-refractivity contribution < 1.29 is 0 Å². The normalized spacial score (nSPS) is 19.3. The Labute approximate surface area is 168 Å². The fraction of sp³-hybridized carbons (Fsp3) is 0.636. The average Bonchev–Trinajstić information content (AvgIpc) is 3.13. The first-order valence-corrected chi connectivity index (χ1v) is 11.2. The molecule has 2 aromatic rings. The summed E-state index contributed by atoms with van der Waals surface area (Å²) >= 11 is 5.90. The molecule has 2 saturated carbocycles. The molecular weight excluding hydrogens is 352 g/mol. The second-order valence-electron chi connectivity index (χ2n) is 8.22. The molecule has 0 bridgehead atoms. The van der Waals surface area contributed by atoms with Crippen molar-refractivity contribution in [3.8, 4) is 0 Å². The maximum absolute atomic E-state index is 5.90. The van der Waals surface area contributed by atoms with E-state index in [2.05, 4.69) is 33.4 Å². The molecule has 0 radical (unpaired) electrons. The molecule has 146 valence electrons. The lowest BCUT2D eigenvalue weighted by molar-refractivity contribution is 0.238. The van der Waals surface area contributed by atoms with E-state index in [1.165, 1.54) is 64.2 Å². The summed E-state index contributed by atoms with van der Waals surface area (Å²) in [6.45, 7) is 0.947. The second kappa shape index (κ2) is 9.05. The van der Waals surface area contributed by atoms with Crippen molar-refractivity contribution in [3.63, 3.8) is 0 Å². The van der Waals surface area contributed by atoms with Gasteiger partial charge in [-0.2, -0.15) is 0 Å². The molecule has 2 aliphatic carbocycles. The first-order chi connectivity index (χ1) is 13.3. The topological polar surface area (TPSA) is 44.0 Å². The molecule has 1 aromatic carbocycles. The quantitative estimate of drug-likeness (QED) is 0.716. The third-order valence-electron chi connectivity index (χ3n) is 6.24. The van der Waals surface area contributed by atoms with Gasteiger partial charge in [0.2, 0.25) is 0 Å². The van der Waals surface area contributed by atoms with Crippen LogP contribution in [0.4, 0.5) is 0 Å². The van der Waals surface area contributed by atoms with E-state index in [0.717, 1.165) is 34.9 Å². The molecule has 0 unspecified atom stereocenters. The molecule has 1 heterocycles. The minimum Gasteiger partial charge on any atom is -0.360 e. The monoisotopic (exact) mass is 384 g/mol. The number of thiocarbonyl (C=S) groups is 1. The SMILES string of the molecule is S=C(NC1CCCCC1)N(CCc1nc2ccccc2[nH]1)C1CCCCC1. The minimum atomic E-state index is 0.573. The number of H-pyrrole nitrogens is 1. The predicted octanol–water partition coefficient (Wildman–Crippen LogP) is 4.95. The molecule has 2 fully saturated rings. The van der Waals surface area contributed by atoms with Gasteiger partial charge in [0.05, 0.1) is 11.0 Å². The van der Waals surface area contributed by atoms with Gasteiger partial charge < -0.3 is 15.2 Å². The number of hydrogen-bond donors (Lipinski definition) is 2. The van der Waals surface area contributed by atoms with Gasteiger partial charge in [0.1, 0.15) is 5.82 Å². The van der Waals surface area contributed by atoms with Gasteiger partial charge in [-0.3, -0.25) is 0 Å². The highest BCUT2D eigenvalue weighted by molar-refractivity contribution is 7.80. The van der Waals surface area contributed by atoms with Crippen LogP contribution in [0.1, 0.15) is 70.0 Å². The van der Waals surface area contributed by atoms with Crippen LogP contribution in [0.15, 0.2) is 24.3 Å². The number of imidazole rings is 1. The molecule has 0 amide bonds. The number of para-hydroxylation sites is 2. The molecule has 0 saturated heterocycles. The predicted molar refractivity (Wildman–Crippen MR) is 116 cm³/mol. The number of nitrogens with zero attached hydrogens (tertiary/aromatic N) is 2. The van der Waals surface area contributed by atoms with Crippen molar-refractivity contribution in [2.45, 2.75) is 82.7 Å². The molecule has 0 atom stereocenters. The summed E-state index contributed by atoms with van der Waals surface area (Å²) in [5, 5.41) is 4.68. The van der Waals surface area contributed by atoms with E-state index >= 15 is 0 Å². The first kappa shape index (κ1) is 18.7. The van der Waals surface area contributed by atoms with Gasteiger partial charge in [0.15, 0.2) is 5.11 Å². The Morgan fingerprint density at radius 3 is 2.48 bits per heavy atom. The third kappa shape index (κ3) is 4.81. The Hall–Kier alpha value is -1.62. The van der Waals surface area contributed by atoms with Crippen molar-refractivity contribution in [1.29, 1.82) is 0 Å². The molecule has 4 nitrogen and oxygen atoms in total. The van der Waals surface area contributed by atoms with Crippen molar-refractivity contribution in [2.24, 2.45) is 0 Å². The number of nitrogens with one attached hydrogen (secondary N) is 2. The molecule has 27 heavy (non-hydrogen) atoms. The summed E-state index contributed by atoms with van der Waals surface area (Å²) in [7, 11) is 0. The molecule has 1 aromatic heterocycles. The average molecular weight is 385 g/mol. The molecule has 2 aliphatic rings. The Bertz CT molecular complexity index is 711. The van der Waals surface area contributed by atoms with E-state index in [0.29, 0.717) is 12.1 Å². The lowest BCUT2D eigenvalue weighted by atomic mass is 9.94. The van der Waals surface area contributed by atoms with Crippen molar-refractivity contribution in [1.82, 2.24) is 20.2 Å². The summed E-state index contributed by atoms with van der Waals surface area (Å²) in [5.74, 6) is 1.07. The molecule has 0 aliphatic heterocycles. The largest absolute Gasteiger partial charge is 0.360 e. The van der Waals surface area contributed by atoms with Crippen LogP contribution in [0.2, 0.25) is 0 Å². The van der Waals surface area contributed by atoms with E-state index in [1.807, 2.05) is 6.07 Å². The smallest absolute Gasteiger partial charge is 0.169 e. The maximum atomic E-state index is 5.90. The molecule has 0 spiro atoms. The van der Waals surface area contributed by atoms with Gasteiger partial charge in [0, 0.05) is 25.0 Å². The molecule has 2 N–H and O–H groups in total. The number of fused-ring (bicyclic) bond motifs is 1. The zero-order valence-electron chi connectivity index (χ0n) is 16.3. The second-order valence-corrected chi connectivity index (χ2v) is 8.61. The van der Waals surface area contributed by atoms with Crippen LogP contribution in [0.3, 0.4) is 0 Å². The zero-order valence-corrected chi connectivity index (χ0v) is 17.1. The van der Waals surface area contributed by atoms with E-state index in [9.17, 15) is 0 Å². The number of benzene rings is 1. The van der Waals surface area contributed by atoms with Crippen molar-refractivity contribution >= 4 is 28.4 Å². The summed E-state index contributed by atoms with van der Waals surface area (Å²) in [4.78, 5) is 10.7. The third-order valence-corrected chi connectivity index (χ3v) is 6.59. The van der Waals surface area contributed by atoms with E-state index in [-0.39, 0.29) is 0 Å². The van der Waals surface area contributed by atoms with Crippen LogP contribution in [0.5, 0.6) is 0 Å². The summed E-state index contributed by atoms with van der Waals surface area (Å²) in [6, 6.07) is 9.44. The van der Waals surface area contributed by atoms with Crippen molar-refractivity contribution in [2.75, 3.05) is 6.54 Å². The lowest BCUT2D eigenvalue weighted by Gasteiger charge is -2.38.